The summed E-state index contributed by atoms with van der Waals surface area (Å²) in [6.07, 6.45) is -82.6. The summed E-state index contributed by atoms with van der Waals surface area (Å²) >= 11 is 0. The van der Waals surface area contributed by atoms with Gasteiger partial charge in [0, 0.05) is 27.7 Å². The fourth-order valence-corrected chi connectivity index (χ4v) is 14.3. The van der Waals surface area contributed by atoms with Crippen LogP contribution in [0.4, 0.5) is 0 Å². The molecule has 9 saturated heterocycles. The lowest BCUT2D eigenvalue weighted by Crippen LogP contribution is -2.71. The topological polar surface area (TPSA) is 759 Å². The van der Waals surface area contributed by atoms with Gasteiger partial charge >= 0.3 is 0 Å². The van der Waals surface area contributed by atoms with E-state index in [-0.39, 0.29) is 0 Å². The summed E-state index contributed by atoms with van der Waals surface area (Å²) in [7, 11) is 0. The van der Waals surface area contributed by atoms with Crippen LogP contribution in [0.3, 0.4) is 0 Å². The van der Waals surface area contributed by atoms with Crippen molar-refractivity contribution >= 4 is 23.6 Å². The van der Waals surface area contributed by atoms with Crippen molar-refractivity contribution in [2.75, 3.05) is 52.9 Å². The number of aliphatic hydroxyl groups excluding tert-OH is 24. The number of carbonyl (C=O) groups is 4. The van der Waals surface area contributed by atoms with Crippen molar-refractivity contribution in [2.45, 2.75) is 311 Å². The highest BCUT2D eigenvalue weighted by atomic mass is 16.8. The highest BCUT2D eigenvalue weighted by Gasteiger charge is 2.61. The molecule has 0 aromatic rings. The molecule has 0 unspecified atom stereocenters. The van der Waals surface area contributed by atoms with Crippen molar-refractivity contribution in [3.05, 3.63) is 0 Å². The summed E-state index contributed by atoms with van der Waals surface area (Å²) < 4.78 is 101. The lowest BCUT2D eigenvalue weighted by atomic mass is 9.93. The molecule has 0 saturated carbocycles. The molecule has 9 rings (SSSR count). The van der Waals surface area contributed by atoms with E-state index in [9.17, 15) is 142 Å². The normalized spacial score (nSPS) is 49.3. The Kier molecular flexibility index (Phi) is 32.6. The lowest BCUT2D eigenvalue weighted by Gasteiger charge is -2.52. The summed E-state index contributed by atoms with van der Waals surface area (Å²) in [6, 6.07) is -7.60. The second kappa shape index (κ2) is 39.7. The molecule has 9 aliphatic rings. The van der Waals surface area contributed by atoms with Gasteiger partial charge in [0.2, 0.25) is 23.6 Å². The molecule has 9 fully saturated rings. The Morgan fingerprint density at radius 2 is 0.541 bits per heavy atom. The first-order chi connectivity index (χ1) is 52.4. The number of aliphatic hydroxyl groups is 24. The third-order valence-corrected chi connectivity index (χ3v) is 20.3. The average molecular weight is 1630 g/mol. The first-order valence-corrected chi connectivity index (χ1v) is 35.5. The SMILES string of the molecule is CC(=O)N[C@@H]1[C@@H](O[C@@H]2O[C@H](CO[C@@H]3O[C@H](CO)[C@@H](O[C@@H]4O[C@H](CO)[C@H](O)[C@H](O)[C@H]4O)[C@H](O)[C@H]3NC(C)=O)[C@H](O)[C@H](O[C@@H]3O[C@H](CO)[C@@H](O[C@@H]4O[C@@H](C)[C@@H](O)[C@@H](O)[C@@H]4O)[C@H](O[C@@H]4O[C@H](CO)[C@H](O)[C@H](O)[C@H]4O)[C@H]3NC(C)=O)[C@H]2O)[C@@H](O)[C@@H](CO[C@@H]2O[C@H](CO)[C@@H](O[C@@H]3O[C@H](CO)[C@H](O)[C@H](O)[C@H]3O)[C@H](O)[C@H]2NC(C)=O)O[C@@H]1O. The lowest BCUT2D eigenvalue weighted by molar-refractivity contribution is -0.391. The molecule has 0 bridgehead atoms. The standard InChI is InChI=1S/C62H104N4O45/c1-14-31(77)39(85)43(89)58(97-14)108-50-24(11-72)104-57(30(66-18(5)76)52(50)110-61-46(92)42(88)34(80)21(8-69)101-61)111-53-36(82)26(13-96-56-28(64-16(3)74)38(84)49(23(10-71)103-56)107-60-45(91)41(87)33(79)20(7-68)100-60)105-62(47(53)93)109-51-29(65-17(4)75)54(94)98-25(35(51)81)12-95-55-27(63-15(2)73)37(83)48(22(9-70)102-55)106-59-44(90)40(86)32(78)19(6-67)99-59/h14,19-62,67-72,77-94H,6-13H2,1-5H3,(H,63,73)(H,64,74)(H,65,75)(H,66,76)/t14-,19+,20+,21+,22+,23+,24+,25+,26+,27+,28+,29+,30+,31+,32-,33-,34-,35-,36-,37+,38+,39+,40-,41-,42-,43-,44+,45+,46+,47+,48+,49+,50+,51+,52+,53-,54-,55+,56+,57-,58-,59-,60-,61-,62-/m0/s1. The number of ether oxygens (including phenoxy) is 17. The smallest absolute Gasteiger partial charge is 0.217 e. The average Bonchev–Trinajstić information content (AvgIpc) is 0.764. The maximum Gasteiger partial charge on any atom is 0.217 e. The van der Waals surface area contributed by atoms with Gasteiger partial charge in [0.05, 0.1) is 59.0 Å². The van der Waals surface area contributed by atoms with E-state index in [1.165, 1.54) is 6.92 Å². The summed E-state index contributed by atoms with van der Waals surface area (Å²) in [6.45, 7) is -3.29. The Morgan fingerprint density at radius 1 is 0.252 bits per heavy atom. The third-order valence-electron chi connectivity index (χ3n) is 20.3. The van der Waals surface area contributed by atoms with Crippen LogP contribution in [0.15, 0.2) is 0 Å². The number of rotatable bonds is 28. The Balaban J connectivity index is 1.06. The van der Waals surface area contributed by atoms with Crippen molar-refractivity contribution in [1.82, 2.24) is 21.3 Å². The molecule has 28 N–H and O–H groups in total. The fourth-order valence-electron chi connectivity index (χ4n) is 14.3. The zero-order valence-electron chi connectivity index (χ0n) is 59.9. The van der Waals surface area contributed by atoms with Crippen molar-refractivity contribution in [2.24, 2.45) is 0 Å². The molecule has 642 valence electrons. The Hall–Kier alpha value is -3.76. The minimum atomic E-state index is -2.56. The molecule has 0 spiro atoms. The summed E-state index contributed by atoms with van der Waals surface area (Å²) in [5, 5.41) is 274. The van der Waals surface area contributed by atoms with Crippen molar-refractivity contribution < 1.29 is 222 Å². The first kappa shape index (κ1) is 91.1. The van der Waals surface area contributed by atoms with Crippen LogP contribution < -0.4 is 21.3 Å². The molecule has 0 radical (unpaired) electrons. The van der Waals surface area contributed by atoms with Gasteiger partial charge in [-0.3, -0.25) is 19.2 Å². The van der Waals surface area contributed by atoms with Crippen molar-refractivity contribution in [3.8, 4) is 0 Å². The molecule has 0 aromatic heterocycles. The molecule has 4 amide bonds. The molecule has 0 aromatic carbocycles. The van der Waals surface area contributed by atoms with Crippen LogP contribution in [0.1, 0.15) is 34.6 Å². The van der Waals surface area contributed by atoms with Crippen LogP contribution >= 0.6 is 0 Å². The number of nitrogens with one attached hydrogen (secondary N) is 4. The van der Waals surface area contributed by atoms with Gasteiger partial charge in [-0.15, -0.1) is 0 Å². The van der Waals surface area contributed by atoms with Crippen LogP contribution in [0.5, 0.6) is 0 Å². The van der Waals surface area contributed by atoms with E-state index in [0.29, 0.717) is 0 Å². The quantitative estimate of drug-likeness (QED) is 0.0346. The first-order valence-electron chi connectivity index (χ1n) is 35.5. The van der Waals surface area contributed by atoms with Gasteiger partial charge < -0.3 is 224 Å². The molecule has 111 heavy (non-hydrogen) atoms. The van der Waals surface area contributed by atoms with Crippen LogP contribution in [-0.4, -0.2) is 475 Å². The molecule has 9 heterocycles. The van der Waals surface area contributed by atoms with Gasteiger partial charge in [-0.1, -0.05) is 0 Å². The Bertz CT molecular complexity index is 2950. The second-order valence-corrected chi connectivity index (χ2v) is 28.2. The van der Waals surface area contributed by atoms with Gasteiger partial charge in [-0.25, -0.2) is 0 Å². The summed E-state index contributed by atoms with van der Waals surface area (Å²) in [4.78, 5) is 52.2. The van der Waals surface area contributed by atoms with E-state index in [0.717, 1.165) is 27.7 Å². The Labute approximate surface area is 629 Å². The minimum absolute atomic E-state index is 0.861. The number of amides is 4. The number of hydrogen-bond donors (Lipinski definition) is 28. The van der Waals surface area contributed by atoms with E-state index in [4.69, 9.17) is 80.5 Å². The van der Waals surface area contributed by atoms with Gasteiger partial charge in [0.25, 0.3) is 0 Å². The van der Waals surface area contributed by atoms with E-state index >= 15 is 0 Å². The molecule has 49 nitrogen and oxygen atoms in total. The summed E-state index contributed by atoms with van der Waals surface area (Å²) in [5.41, 5.74) is 0. The maximum absolute atomic E-state index is 13.5. The van der Waals surface area contributed by atoms with Crippen LogP contribution in [0, 0.1) is 0 Å². The monoisotopic (exact) mass is 1620 g/mol. The van der Waals surface area contributed by atoms with E-state index in [1.807, 2.05) is 0 Å². The molecule has 9 aliphatic heterocycles. The summed E-state index contributed by atoms with van der Waals surface area (Å²) in [5.74, 6) is -3.74. The van der Waals surface area contributed by atoms with Crippen LogP contribution in [0.2, 0.25) is 0 Å². The van der Waals surface area contributed by atoms with E-state index < -0.39 is 353 Å². The zero-order chi connectivity index (χ0) is 81.8. The molecule has 0 aliphatic carbocycles. The minimum Gasteiger partial charge on any atom is -0.394 e. The van der Waals surface area contributed by atoms with Crippen LogP contribution in [0.25, 0.3) is 0 Å². The highest BCUT2D eigenvalue weighted by Crippen LogP contribution is 2.40. The van der Waals surface area contributed by atoms with Crippen molar-refractivity contribution in [1.29, 1.82) is 0 Å². The highest BCUT2D eigenvalue weighted by molar-refractivity contribution is 5.74. The Morgan fingerprint density at radius 3 is 0.946 bits per heavy atom. The number of hydrogen-bond acceptors (Lipinski definition) is 45. The second-order valence-electron chi connectivity index (χ2n) is 28.2. The van der Waals surface area contributed by atoms with Gasteiger partial charge in [0.15, 0.2) is 56.6 Å². The maximum atomic E-state index is 13.5. The van der Waals surface area contributed by atoms with Crippen molar-refractivity contribution in [3.63, 3.8) is 0 Å². The zero-order valence-corrected chi connectivity index (χ0v) is 59.9. The number of carbonyl (C=O) groups excluding carboxylic acids is 4. The molecular weight excluding hydrogens is 1520 g/mol. The van der Waals surface area contributed by atoms with Gasteiger partial charge in [0.1, 0.15) is 213 Å². The van der Waals surface area contributed by atoms with E-state index in [1.54, 1.807) is 0 Å². The van der Waals surface area contributed by atoms with Crippen LogP contribution in [-0.2, 0) is 99.7 Å². The fraction of sp³-hybridized carbons (Fsp3) is 0.935. The molecule has 45 atom stereocenters. The predicted molar refractivity (Wildman–Crippen MR) is 342 cm³/mol. The predicted octanol–water partition coefficient (Wildman–Crippen LogP) is -19.0. The molecular formula is C62H104N4O45. The van der Waals surface area contributed by atoms with E-state index in [2.05, 4.69) is 21.3 Å². The largest absolute Gasteiger partial charge is 0.394 e. The molecule has 49 heteroatoms. The van der Waals surface area contributed by atoms with Gasteiger partial charge in [-0.2, -0.15) is 0 Å². The van der Waals surface area contributed by atoms with Gasteiger partial charge in [-0.05, 0) is 6.92 Å². The third kappa shape index (κ3) is 20.3.